The summed E-state index contributed by atoms with van der Waals surface area (Å²) in [6, 6.07) is 8.24. The fraction of sp³-hybridized carbons (Fsp3) is 0.650. The second-order valence-corrected chi connectivity index (χ2v) is 6.96. The molecule has 0 bridgehead atoms. The standard InChI is InChI=1S/C20H30N2O3/c1-2-25-19-6-4-3-5-18(19)16-21-9-11-22(12-10-21)20(23)15-17-7-13-24-14-8-17/h3-6,17H,2,7-16H2,1H3. The summed E-state index contributed by atoms with van der Waals surface area (Å²) in [5.74, 6) is 1.81. The Morgan fingerprint density at radius 2 is 1.88 bits per heavy atom. The van der Waals surface area contributed by atoms with E-state index in [0.29, 0.717) is 24.9 Å². The number of piperazine rings is 1. The van der Waals surface area contributed by atoms with Crippen molar-refractivity contribution >= 4 is 5.91 Å². The first-order valence-corrected chi connectivity index (χ1v) is 9.55. The zero-order valence-electron chi connectivity index (χ0n) is 15.3. The van der Waals surface area contributed by atoms with Crippen molar-refractivity contribution in [1.82, 2.24) is 9.80 Å². The van der Waals surface area contributed by atoms with Crippen LogP contribution < -0.4 is 4.74 Å². The van der Waals surface area contributed by atoms with Gasteiger partial charge >= 0.3 is 0 Å². The topological polar surface area (TPSA) is 42.0 Å². The number of hydrogen-bond acceptors (Lipinski definition) is 4. The number of rotatable bonds is 6. The number of para-hydroxylation sites is 1. The predicted octanol–water partition coefficient (Wildman–Crippen LogP) is 2.55. The van der Waals surface area contributed by atoms with Gasteiger partial charge in [-0.2, -0.15) is 0 Å². The molecule has 1 amide bonds. The summed E-state index contributed by atoms with van der Waals surface area (Å²) in [5, 5.41) is 0. The summed E-state index contributed by atoms with van der Waals surface area (Å²) in [6.45, 7) is 8.73. The molecule has 5 heteroatoms. The van der Waals surface area contributed by atoms with E-state index in [0.717, 1.165) is 64.5 Å². The van der Waals surface area contributed by atoms with Crippen LogP contribution in [0.1, 0.15) is 31.7 Å². The molecule has 0 aromatic heterocycles. The molecule has 0 N–H and O–H groups in total. The van der Waals surface area contributed by atoms with E-state index >= 15 is 0 Å². The number of carbonyl (C=O) groups is 1. The monoisotopic (exact) mass is 346 g/mol. The lowest BCUT2D eigenvalue weighted by molar-refractivity contribution is -0.134. The first kappa shape index (κ1) is 18.2. The minimum atomic E-state index is 0.321. The largest absolute Gasteiger partial charge is 0.494 e. The number of amides is 1. The SMILES string of the molecule is CCOc1ccccc1CN1CCN(C(=O)CC2CCOCC2)CC1. The Balaban J connectivity index is 1.46. The number of benzene rings is 1. The molecule has 3 rings (SSSR count). The quantitative estimate of drug-likeness (QED) is 0.794. The van der Waals surface area contributed by atoms with Crippen LogP contribution in [-0.4, -0.2) is 61.7 Å². The number of hydrogen-bond donors (Lipinski definition) is 0. The average Bonchev–Trinajstić information content (AvgIpc) is 2.65. The van der Waals surface area contributed by atoms with E-state index in [9.17, 15) is 4.79 Å². The van der Waals surface area contributed by atoms with Crippen molar-refractivity contribution in [1.29, 1.82) is 0 Å². The summed E-state index contributed by atoms with van der Waals surface area (Å²) in [4.78, 5) is 17.0. The van der Waals surface area contributed by atoms with Gasteiger partial charge in [0.05, 0.1) is 6.61 Å². The second kappa shape index (κ2) is 9.20. The molecule has 0 atom stereocenters. The molecule has 138 valence electrons. The molecule has 2 aliphatic rings. The smallest absolute Gasteiger partial charge is 0.222 e. The van der Waals surface area contributed by atoms with E-state index in [2.05, 4.69) is 17.0 Å². The van der Waals surface area contributed by atoms with Crippen molar-refractivity contribution in [2.45, 2.75) is 32.7 Å². The molecule has 2 fully saturated rings. The van der Waals surface area contributed by atoms with Gasteiger partial charge in [0.2, 0.25) is 5.91 Å². The van der Waals surface area contributed by atoms with E-state index in [1.54, 1.807) is 0 Å². The van der Waals surface area contributed by atoms with Crippen LogP contribution >= 0.6 is 0 Å². The zero-order valence-corrected chi connectivity index (χ0v) is 15.3. The molecule has 25 heavy (non-hydrogen) atoms. The average molecular weight is 346 g/mol. The molecule has 5 nitrogen and oxygen atoms in total. The number of nitrogens with zero attached hydrogens (tertiary/aromatic N) is 2. The van der Waals surface area contributed by atoms with Crippen molar-refractivity contribution in [3.05, 3.63) is 29.8 Å². The van der Waals surface area contributed by atoms with Crippen molar-refractivity contribution in [2.24, 2.45) is 5.92 Å². The van der Waals surface area contributed by atoms with Gasteiger partial charge in [0.15, 0.2) is 0 Å². The van der Waals surface area contributed by atoms with Gasteiger partial charge in [0.1, 0.15) is 5.75 Å². The van der Waals surface area contributed by atoms with Gasteiger partial charge in [-0.15, -0.1) is 0 Å². The minimum absolute atomic E-state index is 0.321. The predicted molar refractivity (Wildman–Crippen MR) is 97.6 cm³/mol. The van der Waals surface area contributed by atoms with Crippen molar-refractivity contribution in [3.8, 4) is 5.75 Å². The van der Waals surface area contributed by atoms with Crippen LogP contribution in [0, 0.1) is 5.92 Å². The lowest BCUT2D eigenvalue weighted by atomic mass is 9.96. The normalized spacial score (nSPS) is 19.8. The number of ether oxygens (including phenoxy) is 2. The van der Waals surface area contributed by atoms with Crippen LogP contribution in [0.4, 0.5) is 0 Å². The minimum Gasteiger partial charge on any atom is -0.494 e. The van der Waals surface area contributed by atoms with Crippen LogP contribution in [0.2, 0.25) is 0 Å². The molecule has 2 aliphatic heterocycles. The molecule has 0 unspecified atom stereocenters. The lowest BCUT2D eigenvalue weighted by Gasteiger charge is -2.36. The van der Waals surface area contributed by atoms with E-state index < -0.39 is 0 Å². The van der Waals surface area contributed by atoms with Gasteiger partial charge in [0.25, 0.3) is 0 Å². The highest BCUT2D eigenvalue weighted by Gasteiger charge is 2.25. The first-order chi connectivity index (χ1) is 12.3. The summed E-state index contributed by atoms with van der Waals surface area (Å²) in [5.41, 5.74) is 1.23. The van der Waals surface area contributed by atoms with E-state index in [4.69, 9.17) is 9.47 Å². The fourth-order valence-corrected chi connectivity index (χ4v) is 3.65. The Kier molecular flexibility index (Phi) is 6.70. The summed E-state index contributed by atoms with van der Waals surface area (Å²) in [7, 11) is 0. The lowest BCUT2D eigenvalue weighted by Crippen LogP contribution is -2.48. The molecule has 2 heterocycles. The molecule has 0 saturated carbocycles. The van der Waals surface area contributed by atoms with Crippen LogP contribution in [0.3, 0.4) is 0 Å². The Labute approximate surface area is 150 Å². The maximum Gasteiger partial charge on any atom is 0.222 e. The van der Waals surface area contributed by atoms with Gasteiger partial charge in [0, 0.05) is 57.9 Å². The Bertz CT molecular complexity index is 550. The summed E-state index contributed by atoms with van der Waals surface area (Å²) in [6.07, 6.45) is 2.75. The summed E-state index contributed by atoms with van der Waals surface area (Å²) < 4.78 is 11.1. The second-order valence-electron chi connectivity index (χ2n) is 6.96. The van der Waals surface area contributed by atoms with Crippen LogP contribution in [0.5, 0.6) is 5.75 Å². The van der Waals surface area contributed by atoms with E-state index in [1.807, 2.05) is 24.0 Å². The highest BCUT2D eigenvalue weighted by atomic mass is 16.5. The molecule has 1 aromatic carbocycles. The zero-order chi connectivity index (χ0) is 17.5. The molecular weight excluding hydrogens is 316 g/mol. The van der Waals surface area contributed by atoms with Gasteiger partial charge in [-0.1, -0.05) is 18.2 Å². The third-order valence-corrected chi connectivity index (χ3v) is 5.20. The van der Waals surface area contributed by atoms with Crippen molar-refractivity contribution in [2.75, 3.05) is 46.0 Å². The van der Waals surface area contributed by atoms with E-state index in [-0.39, 0.29) is 0 Å². The first-order valence-electron chi connectivity index (χ1n) is 9.55. The fourth-order valence-electron chi connectivity index (χ4n) is 3.65. The summed E-state index contributed by atoms with van der Waals surface area (Å²) >= 11 is 0. The van der Waals surface area contributed by atoms with E-state index in [1.165, 1.54) is 5.56 Å². The van der Waals surface area contributed by atoms with Crippen molar-refractivity contribution in [3.63, 3.8) is 0 Å². The van der Waals surface area contributed by atoms with Gasteiger partial charge in [-0.05, 0) is 31.7 Å². The highest BCUT2D eigenvalue weighted by Crippen LogP contribution is 2.22. The molecule has 0 radical (unpaired) electrons. The Hall–Kier alpha value is -1.59. The van der Waals surface area contributed by atoms with Gasteiger partial charge < -0.3 is 14.4 Å². The van der Waals surface area contributed by atoms with Crippen LogP contribution in [0.15, 0.2) is 24.3 Å². The third kappa shape index (κ3) is 5.19. The highest BCUT2D eigenvalue weighted by molar-refractivity contribution is 5.76. The molecule has 1 aromatic rings. The van der Waals surface area contributed by atoms with Crippen LogP contribution in [-0.2, 0) is 16.1 Å². The third-order valence-electron chi connectivity index (χ3n) is 5.20. The molecular formula is C20H30N2O3. The Morgan fingerprint density at radius 3 is 2.60 bits per heavy atom. The molecule has 0 aliphatic carbocycles. The number of carbonyl (C=O) groups excluding carboxylic acids is 1. The molecule has 2 saturated heterocycles. The maximum absolute atomic E-state index is 12.5. The van der Waals surface area contributed by atoms with Crippen LogP contribution in [0.25, 0.3) is 0 Å². The van der Waals surface area contributed by atoms with Crippen molar-refractivity contribution < 1.29 is 14.3 Å². The van der Waals surface area contributed by atoms with Gasteiger partial charge in [-0.3, -0.25) is 9.69 Å². The maximum atomic E-state index is 12.5. The molecule has 0 spiro atoms. The Morgan fingerprint density at radius 1 is 1.16 bits per heavy atom. The van der Waals surface area contributed by atoms with Gasteiger partial charge in [-0.25, -0.2) is 0 Å².